The van der Waals surface area contributed by atoms with Crippen LogP contribution in [0.1, 0.15) is 25.8 Å². The van der Waals surface area contributed by atoms with E-state index in [4.69, 9.17) is 9.47 Å². The minimum atomic E-state index is -1.94. The largest absolute Gasteiger partial charge is 0.466 e. The van der Waals surface area contributed by atoms with Crippen molar-refractivity contribution in [2.45, 2.75) is 32.3 Å². The first-order valence-corrected chi connectivity index (χ1v) is 8.01. The summed E-state index contributed by atoms with van der Waals surface area (Å²) in [7, 11) is 0. The molecule has 0 aliphatic carbocycles. The summed E-state index contributed by atoms with van der Waals surface area (Å²) in [6, 6.07) is 13.4. The van der Waals surface area contributed by atoms with Crippen LogP contribution in [-0.2, 0) is 25.5 Å². The summed E-state index contributed by atoms with van der Waals surface area (Å²) in [4.78, 5) is 24.0. The van der Waals surface area contributed by atoms with Crippen LogP contribution in [0.4, 0.5) is 0 Å². The first-order chi connectivity index (χ1) is 11.5. The number of carbonyl (C=O) groups excluding carboxylic acids is 2. The lowest BCUT2D eigenvalue weighted by Gasteiger charge is -2.25. The molecule has 2 rings (SSSR count). The third kappa shape index (κ3) is 4.32. The highest BCUT2D eigenvalue weighted by molar-refractivity contribution is 5.87. The van der Waals surface area contributed by atoms with Crippen molar-refractivity contribution in [2.75, 3.05) is 13.2 Å². The molecule has 1 atom stereocenters. The third-order valence-corrected chi connectivity index (χ3v) is 3.71. The maximum absolute atomic E-state index is 12.2. The van der Waals surface area contributed by atoms with E-state index in [1.807, 2.05) is 42.5 Å². The summed E-state index contributed by atoms with van der Waals surface area (Å²) in [5.41, 5.74) is -1.20. The second kappa shape index (κ2) is 7.93. The monoisotopic (exact) mass is 330 g/mol. The number of fused-ring (bicyclic) bond motifs is 1. The topological polar surface area (TPSA) is 72.8 Å². The Bertz CT molecular complexity index is 725. The van der Waals surface area contributed by atoms with Crippen molar-refractivity contribution in [3.8, 4) is 0 Å². The van der Waals surface area contributed by atoms with Crippen LogP contribution in [0.15, 0.2) is 42.5 Å². The predicted octanol–water partition coefficient (Wildman–Crippen LogP) is 2.63. The zero-order valence-electron chi connectivity index (χ0n) is 14.0. The summed E-state index contributed by atoms with van der Waals surface area (Å²) >= 11 is 0. The van der Waals surface area contributed by atoms with Crippen LogP contribution >= 0.6 is 0 Å². The highest BCUT2D eigenvalue weighted by Gasteiger charge is 2.40. The third-order valence-electron chi connectivity index (χ3n) is 3.71. The summed E-state index contributed by atoms with van der Waals surface area (Å²) < 4.78 is 9.82. The smallest absolute Gasteiger partial charge is 0.339 e. The summed E-state index contributed by atoms with van der Waals surface area (Å²) in [6.45, 7) is 3.64. The molecule has 2 aromatic carbocycles. The average molecular weight is 330 g/mol. The van der Waals surface area contributed by atoms with Crippen LogP contribution in [0.3, 0.4) is 0 Å². The number of benzene rings is 2. The molecule has 0 heterocycles. The van der Waals surface area contributed by atoms with Gasteiger partial charge in [-0.1, -0.05) is 42.5 Å². The Balaban J connectivity index is 2.28. The number of ether oxygens (including phenoxy) is 2. The molecule has 0 amide bonds. The predicted molar refractivity (Wildman–Crippen MR) is 90.5 cm³/mol. The molecule has 1 N–H and O–H groups in total. The molecule has 5 nitrogen and oxygen atoms in total. The highest BCUT2D eigenvalue weighted by Crippen LogP contribution is 2.23. The van der Waals surface area contributed by atoms with Gasteiger partial charge in [0, 0.05) is 6.42 Å². The standard InChI is InChI=1S/C19H22O5/c1-3-23-17(20)13-19(22,18(21)24-4-2)12-14-9-10-15-7-5-6-8-16(15)11-14/h5-11,22H,3-4,12-13H2,1-2H3/t19-/m0/s1. The number of esters is 2. The van der Waals surface area contributed by atoms with Gasteiger partial charge in [-0.3, -0.25) is 4.79 Å². The van der Waals surface area contributed by atoms with Crippen molar-refractivity contribution in [3.63, 3.8) is 0 Å². The number of hydrogen-bond acceptors (Lipinski definition) is 5. The van der Waals surface area contributed by atoms with E-state index in [0.717, 1.165) is 16.3 Å². The molecule has 24 heavy (non-hydrogen) atoms. The van der Waals surface area contributed by atoms with Gasteiger partial charge in [0.2, 0.25) is 0 Å². The van der Waals surface area contributed by atoms with E-state index >= 15 is 0 Å². The van der Waals surface area contributed by atoms with E-state index < -0.39 is 24.0 Å². The second-order valence-electron chi connectivity index (χ2n) is 5.59. The molecule has 0 aliphatic rings. The number of aliphatic hydroxyl groups is 1. The van der Waals surface area contributed by atoms with Gasteiger partial charge in [-0.25, -0.2) is 4.79 Å². The van der Waals surface area contributed by atoms with Crippen molar-refractivity contribution in [1.29, 1.82) is 0 Å². The zero-order chi connectivity index (χ0) is 17.6. The number of hydrogen-bond donors (Lipinski definition) is 1. The Morgan fingerprint density at radius 3 is 2.33 bits per heavy atom. The molecule has 0 spiro atoms. The second-order valence-corrected chi connectivity index (χ2v) is 5.59. The molecule has 128 valence electrons. The molecular formula is C19H22O5. The van der Waals surface area contributed by atoms with Gasteiger partial charge >= 0.3 is 11.9 Å². The van der Waals surface area contributed by atoms with Crippen molar-refractivity contribution in [2.24, 2.45) is 0 Å². The van der Waals surface area contributed by atoms with Crippen LogP contribution in [-0.4, -0.2) is 35.9 Å². The molecule has 0 aliphatic heterocycles. The Morgan fingerprint density at radius 2 is 1.67 bits per heavy atom. The van der Waals surface area contributed by atoms with Gasteiger partial charge in [0.15, 0.2) is 5.60 Å². The Labute approximate surface area is 141 Å². The van der Waals surface area contributed by atoms with Gasteiger partial charge in [0.1, 0.15) is 0 Å². The summed E-state index contributed by atoms with van der Waals surface area (Å²) in [5, 5.41) is 12.8. The quantitative estimate of drug-likeness (QED) is 0.790. The lowest BCUT2D eigenvalue weighted by Crippen LogP contribution is -2.44. The maximum atomic E-state index is 12.2. The lowest BCUT2D eigenvalue weighted by molar-refractivity contribution is -0.171. The van der Waals surface area contributed by atoms with Crippen molar-refractivity contribution < 1.29 is 24.2 Å². The van der Waals surface area contributed by atoms with Gasteiger partial charge < -0.3 is 14.6 Å². The summed E-state index contributed by atoms with van der Waals surface area (Å²) in [5.74, 6) is -1.44. The van der Waals surface area contributed by atoms with E-state index in [-0.39, 0.29) is 19.6 Å². The van der Waals surface area contributed by atoms with Crippen molar-refractivity contribution >= 4 is 22.7 Å². The van der Waals surface area contributed by atoms with Crippen LogP contribution < -0.4 is 0 Å². The van der Waals surface area contributed by atoms with Gasteiger partial charge in [-0.15, -0.1) is 0 Å². The molecule has 2 aromatic rings. The normalized spacial score (nSPS) is 13.3. The van der Waals surface area contributed by atoms with E-state index in [9.17, 15) is 14.7 Å². The first kappa shape index (κ1) is 17.9. The highest BCUT2D eigenvalue weighted by atomic mass is 16.6. The summed E-state index contributed by atoms with van der Waals surface area (Å²) in [6.07, 6.45) is -0.456. The van der Waals surface area contributed by atoms with Crippen LogP contribution in [0.2, 0.25) is 0 Å². The van der Waals surface area contributed by atoms with E-state index in [0.29, 0.717) is 0 Å². The minimum Gasteiger partial charge on any atom is -0.466 e. The van der Waals surface area contributed by atoms with Crippen molar-refractivity contribution in [1.82, 2.24) is 0 Å². The molecule has 0 bridgehead atoms. The Kier molecular flexibility index (Phi) is 5.93. The fourth-order valence-corrected chi connectivity index (χ4v) is 2.61. The van der Waals surface area contributed by atoms with Crippen molar-refractivity contribution in [3.05, 3.63) is 48.0 Å². The Morgan fingerprint density at radius 1 is 1.00 bits per heavy atom. The zero-order valence-corrected chi connectivity index (χ0v) is 14.0. The minimum absolute atomic E-state index is 0.0184. The maximum Gasteiger partial charge on any atom is 0.339 e. The van der Waals surface area contributed by atoms with E-state index in [2.05, 4.69) is 0 Å². The molecule has 0 aromatic heterocycles. The van der Waals surface area contributed by atoms with Gasteiger partial charge in [-0.05, 0) is 30.2 Å². The van der Waals surface area contributed by atoms with Gasteiger partial charge in [0.25, 0.3) is 0 Å². The fourth-order valence-electron chi connectivity index (χ4n) is 2.61. The lowest BCUT2D eigenvalue weighted by atomic mass is 9.90. The van der Waals surface area contributed by atoms with Gasteiger partial charge in [0.05, 0.1) is 19.6 Å². The van der Waals surface area contributed by atoms with Crippen LogP contribution in [0.5, 0.6) is 0 Å². The van der Waals surface area contributed by atoms with E-state index in [1.54, 1.807) is 13.8 Å². The molecule has 0 saturated heterocycles. The number of carbonyl (C=O) groups is 2. The molecule has 0 unspecified atom stereocenters. The first-order valence-electron chi connectivity index (χ1n) is 8.01. The van der Waals surface area contributed by atoms with Gasteiger partial charge in [-0.2, -0.15) is 0 Å². The molecule has 0 radical (unpaired) electrons. The van der Waals surface area contributed by atoms with E-state index in [1.165, 1.54) is 0 Å². The molecule has 5 heteroatoms. The van der Waals surface area contributed by atoms with Crippen LogP contribution in [0, 0.1) is 0 Å². The fraction of sp³-hybridized carbons (Fsp3) is 0.368. The number of rotatable bonds is 7. The van der Waals surface area contributed by atoms with Crippen LogP contribution in [0.25, 0.3) is 10.8 Å². The Hall–Kier alpha value is -2.40. The molecule has 0 saturated carbocycles. The average Bonchev–Trinajstić information content (AvgIpc) is 2.55. The molecule has 0 fully saturated rings. The molecular weight excluding hydrogens is 308 g/mol. The SMILES string of the molecule is CCOC(=O)C[C@@](O)(Cc1ccc2ccccc2c1)C(=O)OCC.